The largest absolute Gasteiger partial charge is 0.349 e. The second kappa shape index (κ2) is 7.87. The highest BCUT2D eigenvalue weighted by Crippen LogP contribution is 2.20. The summed E-state index contributed by atoms with van der Waals surface area (Å²) in [6.45, 7) is 5.04. The van der Waals surface area contributed by atoms with E-state index in [1.807, 2.05) is 31.2 Å². The molecule has 0 spiro atoms. The van der Waals surface area contributed by atoms with E-state index in [1.54, 1.807) is 0 Å². The Bertz CT molecular complexity index is 453. The number of rotatable bonds is 3. The van der Waals surface area contributed by atoms with Crippen molar-refractivity contribution in [1.82, 2.24) is 10.6 Å². The molecule has 5 heteroatoms. The van der Waals surface area contributed by atoms with E-state index in [1.165, 1.54) is 0 Å². The maximum Gasteiger partial charge on any atom is 0.223 e. The summed E-state index contributed by atoms with van der Waals surface area (Å²) in [6, 6.07) is 8.06. The maximum atomic E-state index is 12.2. The first-order valence-electron chi connectivity index (χ1n) is 6.85. The Hall–Kier alpha value is -0.770. The van der Waals surface area contributed by atoms with Crippen LogP contribution < -0.4 is 10.6 Å². The summed E-state index contributed by atoms with van der Waals surface area (Å²) >= 11 is 5.97. The fraction of sp³-hybridized carbons (Fsp3) is 0.533. The van der Waals surface area contributed by atoms with Gasteiger partial charge in [-0.3, -0.25) is 4.79 Å². The number of halogens is 2. The van der Waals surface area contributed by atoms with E-state index in [4.69, 9.17) is 11.6 Å². The molecule has 0 bridgehead atoms. The number of nitrogens with one attached hydrogen (secondary N) is 2. The Balaban J connectivity index is 0.00000200. The molecule has 112 valence electrons. The van der Waals surface area contributed by atoms with Crippen molar-refractivity contribution in [2.75, 3.05) is 6.54 Å². The minimum atomic E-state index is -0.00334. The Morgan fingerprint density at radius 2 is 2.25 bits per heavy atom. The first-order chi connectivity index (χ1) is 9.06. The lowest BCUT2D eigenvalue weighted by Gasteiger charge is -2.28. The van der Waals surface area contributed by atoms with Gasteiger partial charge >= 0.3 is 0 Å². The zero-order chi connectivity index (χ0) is 13.8. The topological polar surface area (TPSA) is 41.1 Å². The van der Waals surface area contributed by atoms with Crippen LogP contribution in [0.1, 0.15) is 38.3 Å². The van der Waals surface area contributed by atoms with Gasteiger partial charge in [0.1, 0.15) is 0 Å². The summed E-state index contributed by atoms with van der Waals surface area (Å²) in [5.41, 5.74) is 1.04. The fourth-order valence-electron chi connectivity index (χ4n) is 2.56. The molecule has 1 aromatic carbocycles. The van der Waals surface area contributed by atoms with Crippen molar-refractivity contribution in [3.05, 3.63) is 34.9 Å². The van der Waals surface area contributed by atoms with Crippen LogP contribution in [0.2, 0.25) is 5.02 Å². The van der Waals surface area contributed by atoms with Crippen LogP contribution in [0.3, 0.4) is 0 Å². The van der Waals surface area contributed by atoms with Gasteiger partial charge in [0.2, 0.25) is 5.91 Å². The van der Waals surface area contributed by atoms with Crippen LogP contribution in [0.4, 0.5) is 0 Å². The van der Waals surface area contributed by atoms with Crippen molar-refractivity contribution in [1.29, 1.82) is 0 Å². The molecular weight excluding hydrogens is 295 g/mol. The van der Waals surface area contributed by atoms with Gasteiger partial charge in [0.05, 0.1) is 6.04 Å². The van der Waals surface area contributed by atoms with Crippen LogP contribution in [0.5, 0.6) is 0 Å². The molecule has 0 aromatic heterocycles. The molecule has 0 radical (unpaired) electrons. The number of hydrogen-bond donors (Lipinski definition) is 2. The smallest absolute Gasteiger partial charge is 0.223 e. The lowest BCUT2D eigenvalue weighted by Crippen LogP contribution is -2.42. The van der Waals surface area contributed by atoms with E-state index in [0.717, 1.165) is 24.9 Å². The second-order valence-electron chi connectivity index (χ2n) is 5.36. The molecule has 2 N–H and O–H groups in total. The lowest BCUT2D eigenvalue weighted by atomic mass is 9.92. The minimum Gasteiger partial charge on any atom is -0.349 e. The van der Waals surface area contributed by atoms with E-state index < -0.39 is 0 Å². The van der Waals surface area contributed by atoms with Crippen LogP contribution in [0.25, 0.3) is 0 Å². The summed E-state index contributed by atoms with van der Waals surface area (Å²) in [5.74, 6) is 0.277. The number of hydrogen-bond acceptors (Lipinski definition) is 2. The highest BCUT2D eigenvalue weighted by molar-refractivity contribution is 6.30. The minimum absolute atomic E-state index is 0. The van der Waals surface area contributed by atoms with Gasteiger partial charge in [0.25, 0.3) is 0 Å². The summed E-state index contributed by atoms with van der Waals surface area (Å²) in [4.78, 5) is 12.2. The van der Waals surface area contributed by atoms with Crippen molar-refractivity contribution in [2.24, 2.45) is 5.92 Å². The molecule has 1 fully saturated rings. The van der Waals surface area contributed by atoms with Crippen molar-refractivity contribution < 1.29 is 4.79 Å². The summed E-state index contributed by atoms with van der Waals surface area (Å²) in [5, 5.41) is 7.15. The normalized spacial score (nSPS) is 23.6. The number of piperidine rings is 1. The molecule has 3 nitrogen and oxygen atoms in total. The molecule has 1 heterocycles. The highest BCUT2D eigenvalue weighted by Gasteiger charge is 2.25. The average molecular weight is 317 g/mol. The monoisotopic (exact) mass is 316 g/mol. The first kappa shape index (κ1) is 17.3. The maximum absolute atomic E-state index is 12.2. The molecule has 20 heavy (non-hydrogen) atoms. The molecule has 0 aliphatic carbocycles. The Kier molecular flexibility index (Phi) is 6.80. The van der Waals surface area contributed by atoms with Crippen LogP contribution in [0, 0.1) is 5.92 Å². The highest BCUT2D eigenvalue weighted by atomic mass is 35.5. The van der Waals surface area contributed by atoms with Crippen molar-refractivity contribution in [2.45, 2.75) is 38.8 Å². The van der Waals surface area contributed by atoms with Crippen LogP contribution in [0.15, 0.2) is 24.3 Å². The Labute approximate surface area is 131 Å². The third-order valence-electron chi connectivity index (χ3n) is 3.70. The average Bonchev–Trinajstić information content (AvgIpc) is 2.38. The Morgan fingerprint density at radius 1 is 1.50 bits per heavy atom. The number of benzene rings is 1. The van der Waals surface area contributed by atoms with Crippen LogP contribution in [-0.2, 0) is 4.79 Å². The van der Waals surface area contributed by atoms with Gasteiger partial charge in [-0.05, 0) is 50.9 Å². The third kappa shape index (κ3) is 4.65. The van der Waals surface area contributed by atoms with Gasteiger partial charge in [0.15, 0.2) is 0 Å². The molecular formula is C15H22Cl2N2O. The second-order valence-corrected chi connectivity index (χ2v) is 5.80. The summed E-state index contributed by atoms with van der Waals surface area (Å²) in [6.07, 6.45) is 1.83. The van der Waals surface area contributed by atoms with Crippen LogP contribution in [-0.4, -0.2) is 18.5 Å². The van der Waals surface area contributed by atoms with Crippen molar-refractivity contribution in [3.8, 4) is 0 Å². The predicted octanol–water partition coefficient (Wildman–Crippen LogP) is 3.33. The molecule has 1 unspecified atom stereocenters. The van der Waals surface area contributed by atoms with Crippen molar-refractivity contribution in [3.63, 3.8) is 0 Å². The quantitative estimate of drug-likeness (QED) is 0.898. The first-order valence-corrected chi connectivity index (χ1v) is 7.23. The zero-order valence-electron chi connectivity index (χ0n) is 11.9. The zero-order valence-corrected chi connectivity index (χ0v) is 13.4. The van der Waals surface area contributed by atoms with E-state index in [-0.39, 0.29) is 30.3 Å². The SMILES string of the molecule is CC(NC(=O)[C@H]1CCN[C@@H](C)C1)c1cccc(Cl)c1.Cl. The van der Waals surface area contributed by atoms with Gasteiger partial charge in [-0.15, -0.1) is 12.4 Å². The van der Waals surface area contributed by atoms with E-state index >= 15 is 0 Å². The summed E-state index contributed by atoms with van der Waals surface area (Å²) < 4.78 is 0. The molecule has 1 saturated heterocycles. The van der Waals surface area contributed by atoms with Gasteiger partial charge in [0, 0.05) is 17.0 Å². The summed E-state index contributed by atoms with van der Waals surface area (Å²) in [7, 11) is 0. The molecule has 2 rings (SSSR count). The van der Waals surface area contributed by atoms with Gasteiger partial charge < -0.3 is 10.6 Å². The molecule has 3 atom stereocenters. The van der Waals surface area contributed by atoms with E-state index in [9.17, 15) is 4.79 Å². The third-order valence-corrected chi connectivity index (χ3v) is 3.94. The molecule has 1 aromatic rings. The lowest BCUT2D eigenvalue weighted by molar-refractivity contribution is -0.126. The molecule has 1 aliphatic rings. The van der Waals surface area contributed by atoms with Gasteiger partial charge in [-0.2, -0.15) is 0 Å². The van der Waals surface area contributed by atoms with Gasteiger partial charge in [-0.25, -0.2) is 0 Å². The van der Waals surface area contributed by atoms with E-state index in [0.29, 0.717) is 11.1 Å². The number of amides is 1. The molecule has 0 saturated carbocycles. The number of carbonyl (C=O) groups excluding carboxylic acids is 1. The van der Waals surface area contributed by atoms with Crippen LogP contribution >= 0.6 is 24.0 Å². The molecule has 1 amide bonds. The van der Waals surface area contributed by atoms with E-state index in [2.05, 4.69) is 17.6 Å². The van der Waals surface area contributed by atoms with Gasteiger partial charge in [-0.1, -0.05) is 23.7 Å². The van der Waals surface area contributed by atoms with Crippen molar-refractivity contribution >= 4 is 29.9 Å². The molecule has 1 aliphatic heterocycles. The predicted molar refractivity (Wildman–Crippen MR) is 85.4 cm³/mol. The fourth-order valence-corrected chi connectivity index (χ4v) is 2.76. The Morgan fingerprint density at radius 3 is 2.90 bits per heavy atom. The number of carbonyl (C=O) groups is 1. The standard InChI is InChI=1S/C15H21ClN2O.ClH/c1-10-8-13(6-7-17-10)15(19)18-11(2)12-4-3-5-14(16)9-12;/h3-5,9-11,13,17H,6-8H2,1-2H3,(H,18,19);1H/t10-,11?,13-;/m0./s1.